The van der Waals surface area contributed by atoms with E-state index >= 15 is 0 Å². The van der Waals surface area contributed by atoms with Gasteiger partial charge in [0.15, 0.2) is 5.78 Å². The fourth-order valence-corrected chi connectivity index (χ4v) is 1.96. The van der Waals surface area contributed by atoms with Gasteiger partial charge in [0, 0.05) is 17.8 Å². The van der Waals surface area contributed by atoms with E-state index in [0.717, 1.165) is 24.2 Å². The first kappa shape index (κ1) is 9.25. The van der Waals surface area contributed by atoms with Gasteiger partial charge in [-0.05, 0) is 37.8 Å². The van der Waals surface area contributed by atoms with Gasteiger partial charge in [-0.1, -0.05) is 12.1 Å². The number of benzene rings is 1. The Kier molecular flexibility index (Phi) is 2.53. The Balaban J connectivity index is 2.47. The third-order valence-corrected chi connectivity index (χ3v) is 2.70. The van der Waals surface area contributed by atoms with Gasteiger partial charge in [-0.3, -0.25) is 4.79 Å². The van der Waals surface area contributed by atoms with Crippen LogP contribution in [0, 0.1) is 0 Å². The Labute approximate surface area is 84.3 Å². The first-order valence-corrected chi connectivity index (χ1v) is 5.16. The van der Waals surface area contributed by atoms with Gasteiger partial charge in [0.25, 0.3) is 0 Å². The molecular formula is C12H15NO. The Morgan fingerprint density at radius 3 is 3.00 bits per heavy atom. The van der Waals surface area contributed by atoms with Crippen molar-refractivity contribution in [1.82, 2.24) is 0 Å². The molecule has 1 aromatic carbocycles. The fourth-order valence-electron chi connectivity index (χ4n) is 1.96. The lowest BCUT2D eigenvalue weighted by Gasteiger charge is -2.11. The summed E-state index contributed by atoms with van der Waals surface area (Å²) < 4.78 is 0. The van der Waals surface area contributed by atoms with E-state index in [1.807, 2.05) is 12.1 Å². The molecular weight excluding hydrogens is 174 g/mol. The third kappa shape index (κ3) is 1.65. The van der Waals surface area contributed by atoms with Gasteiger partial charge in [-0.15, -0.1) is 0 Å². The number of anilines is 1. The number of rotatable bonds is 1. The monoisotopic (exact) mass is 189 g/mol. The van der Waals surface area contributed by atoms with Crippen molar-refractivity contribution in [3.8, 4) is 0 Å². The van der Waals surface area contributed by atoms with Gasteiger partial charge in [-0.2, -0.15) is 0 Å². The number of fused-ring (bicyclic) bond motifs is 1. The maximum absolute atomic E-state index is 11.4. The molecule has 0 unspecified atom stereocenters. The van der Waals surface area contributed by atoms with Crippen LogP contribution in [0.15, 0.2) is 18.2 Å². The molecule has 74 valence electrons. The van der Waals surface area contributed by atoms with Gasteiger partial charge in [0.1, 0.15) is 0 Å². The number of hydrogen-bond acceptors (Lipinski definition) is 2. The van der Waals surface area contributed by atoms with Crippen molar-refractivity contribution in [1.29, 1.82) is 0 Å². The van der Waals surface area contributed by atoms with Crippen molar-refractivity contribution in [3.05, 3.63) is 29.3 Å². The maximum atomic E-state index is 11.4. The van der Waals surface area contributed by atoms with E-state index in [4.69, 9.17) is 0 Å². The molecule has 0 aliphatic carbocycles. The molecule has 1 aliphatic heterocycles. The molecule has 0 amide bonds. The molecule has 0 radical (unpaired) electrons. The minimum atomic E-state index is 0.149. The second-order valence-electron chi connectivity index (χ2n) is 3.78. The summed E-state index contributed by atoms with van der Waals surface area (Å²) in [5, 5.41) is 3.35. The summed E-state index contributed by atoms with van der Waals surface area (Å²) in [5.74, 6) is 0.149. The number of nitrogens with one attached hydrogen (secondary N) is 1. The lowest BCUT2D eigenvalue weighted by atomic mass is 10.0. The van der Waals surface area contributed by atoms with E-state index in [1.54, 1.807) is 6.92 Å². The average molecular weight is 189 g/mol. The second kappa shape index (κ2) is 3.82. The van der Waals surface area contributed by atoms with E-state index in [-0.39, 0.29) is 5.78 Å². The molecule has 0 spiro atoms. The molecule has 2 rings (SSSR count). The summed E-state index contributed by atoms with van der Waals surface area (Å²) in [4.78, 5) is 11.4. The molecule has 14 heavy (non-hydrogen) atoms. The molecule has 1 aromatic rings. The van der Waals surface area contributed by atoms with Crippen LogP contribution in [0.5, 0.6) is 0 Å². The van der Waals surface area contributed by atoms with E-state index in [1.165, 1.54) is 18.4 Å². The molecule has 1 aliphatic rings. The van der Waals surface area contributed by atoms with Crippen LogP contribution >= 0.6 is 0 Å². The Bertz CT molecular complexity index is 357. The van der Waals surface area contributed by atoms with Crippen molar-refractivity contribution in [2.75, 3.05) is 11.9 Å². The molecule has 0 aromatic heterocycles. The molecule has 2 heteroatoms. The standard InChI is InChI=1S/C12H15NO/c1-9(14)11-7-4-6-10-5-2-3-8-13-12(10)11/h4,6-7,13H,2-3,5,8H2,1H3. The van der Waals surface area contributed by atoms with Crippen LogP contribution < -0.4 is 5.32 Å². The highest BCUT2D eigenvalue weighted by Crippen LogP contribution is 2.25. The third-order valence-electron chi connectivity index (χ3n) is 2.70. The van der Waals surface area contributed by atoms with E-state index in [2.05, 4.69) is 11.4 Å². The molecule has 0 atom stereocenters. The number of para-hydroxylation sites is 1. The van der Waals surface area contributed by atoms with Gasteiger partial charge >= 0.3 is 0 Å². The largest absolute Gasteiger partial charge is 0.384 e. The number of hydrogen-bond donors (Lipinski definition) is 1. The Morgan fingerprint density at radius 1 is 1.36 bits per heavy atom. The van der Waals surface area contributed by atoms with Gasteiger partial charge in [0.05, 0.1) is 0 Å². The molecule has 1 heterocycles. The number of carbonyl (C=O) groups is 1. The minimum absolute atomic E-state index is 0.149. The lowest BCUT2D eigenvalue weighted by molar-refractivity contribution is 0.101. The molecule has 2 nitrogen and oxygen atoms in total. The van der Waals surface area contributed by atoms with E-state index in [9.17, 15) is 4.79 Å². The highest BCUT2D eigenvalue weighted by atomic mass is 16.1. The number of Topliss-reactive ketones (excluding diaryl/α,β-unsaturated/α-hetero) is 1. The maximum Gasteiger partial charge on any atom is 0.161 e. The molecule has 0 saturated heterocycles. The Morgan fingerprint density at radius 2 is 2.21 bits per heavy atom. The first-order valence-electron chi connectivity index (χ1n) is 5.16. The van der Waals surface area contributed by atoms with Crippen LogP contribution in [0.1, 0.15) is 35.7 Å². The second-order valence-corrected chi connectivity index (χ2v) is 3.78. The van der Waals surface area contributed by atoms with Crippen LogP contribution in [0.2, 0.25) is 0 Å². The number of ketones is 1. The van der Waals surface area contributed by atoms with Crippen LogP contribution in [0.3, 0.4) is 0 Å². The summed E-state index contributed by atoms with van der Waals surface area (Å²) in [5.41, 5.74) is 3.19. The van der Waals surface area contributed by atoms with Crippen molar-refractivity contribution in [2.24, 2.45) is 0 Å². The molecule has 0 bridgehead atoms. The quantitative estimate of drug-likeness (QED) is 0.688. The first-order chi connectivity index (χ1) is 6.79. The summed E-state index contributed by atoms with van der Waals surface area (Å²) in [7, 11) is 0. The molecule has 0 saturated carbocycles. The predicted molar refractivity (Wildman–Crippen MR) is 57.9 cm³/mol. The van der Waals surface area contributed by atoms with Crippen LogP contribution in [-0.2, 0) is 6.42 Å². The molecule has 0 fully saturated rings. The topological polar surface area (TPSA) is 29.1 Å². The zero-order chi connectivity index (χ0) is 9.97. The van der Waals surface area contributed by atoms with Crippen molar-refractivity contribution in [3.63, 3.8) is 0 Å². The SMILES string of the molecule is CC(=O)c1cccc2c1NCCCC2. The summed E-state index contributed by atoms with van der Waals surface area (Å²) in [6.45, 7) is 2.61. The van der Waals surface area contributed by atoms with Crippen LogP contribution in [0.25, 0.3) is 0 Å². The Hall–Kier alpha value is -1.31. The van der Waals surface area contributed by atoms with Gasteiger partial charge in [-0.25, -0.2) is 0 Å². The number of carbonyl (C=O) groups excluding carboxylic acids is 1. The van der Waals surface area contributed by atoms with Crippen molar-refractivity contribution in [2.45, 2.75) is 26.2 Å². The average Bonchev–Trinajstić information content (AvgIpc) is 2.41. The normalized spacial score (nSPS) is 15.2. The zero-order valence-electron chi connectivity index (χ0n) is 8.47. The van der Waals surface area contributed by atoms with Gasteiger partial charge in [0.2, 0.25) is 0 Å². The van der Waals surface area contributed by atoms with Crippen LogP contribution in [-0.4, -0.2) is 12.3 Å². The molecule has 1 N–H and O–H groups in total. The van der Waals surface area contributed by atoms with Crippen molar-refractivity contribution >= 4 is 11.5 Å². The highest BCUT2D eigenvalue weighted by molar-refractivity contribution is 6.00. The fraction of sp³-hybridized carbons (Fsp3) is 0.417. The van der Waals surface area contributed by atoms with E-state index in [0.29, 0.717) is 0 Å². The van der Waals surface area contributed by atoms with Crippen molar-refractivity contribution < 1.29 is 4.79 Å². The van der Waals surface area contributed by atoms with Crippen LogP contribution in [0.4, 0.5) is 5.69 Å². The lowest BCUT2D eigenvalue weighted by Crippen LogP contribution is -2.05. The summed E-state index contributed by atoms with van der Waals surface area (Å²) >= 11 is 0. The smallest absolute Gasteiger partial charge is 0.161 e. The predicted octanol–water partition coefficient (Wildman–Crippen LogP) is 2.64. The minimum Gasteiger partial charge on any atom is -0.384 e. The van der Waals surface area contributed by atoms with E-state index < -0.39 is 0 Å². The van der Waals surface area contributed by atoms with Gasteiger partial charge < -0.3 is 5.32 Å². The summed E-state index contributed by atoms with van der Waals surface area (Å²) in [6.07, 6.45) is 3.48. The summed E-state index contributed by atoms with van der Waals surface area (Å²) in [6, 6.07) is 5.99. The highest BCUT2D eigenvalue weighted by Gasteiger charge is 2.13. The zero-order valence-corrected chi connectivity index (χ0v) is 8.47. The number of aryl methyl sites for hydroxylation is 1.